The van der Waals surface area contributed by atoms with E-state index in [1.807, 2.05) is 55.5 Å². The van der Waals surface area contributed by atoms with Crippen molar-refractivity contribution in [2.75, 3.05) is 0 Å². The van der Waals surface area contributed by atoms with Gasteiger partial charge < -0.3 is 10.3 Å². The standard InChI is InChI=1S/C22H19ClN4O/c1-14(19-12-24-13-25-19)26-15(2)20-11-16-7-6-10-18(23)21(16)22(28)27(20)17-8-4-3-5-9-17/h3-13,15,26H,1H2,2H3,(H,24,25)/t15-/m0/s1. The first-order valence-corrected chi connectivity index (χ1v) is 9.28. The van der Waals surface area contributed by atoms with Crippen LogP contribution < -0.4 is 10.9 Å². The summed E-state index contributed by atoms with van der Waals surface area (Å²) < 4.78 is 1.70. The first kappa shape index (κ1) is 18.1. The maximum absolute atomic E-state index is 13.4. The van der Waals surface area contributed by atoms with Gasteiger partial charge in [-0.25, -0.2) is 4.98 Å². The molecule has 0 saturated carbocycles. The van der Waals surface area contributed by atoms with E-state index in [0.29, 0.717) is 16.1 Å². The molecule has 140 valence electrons. The Labute approximate surface area is 167 Å². The summed E-state index contributed by atoms with van der Waals surface area (Å²) in [6.45, 7) is 6.05. The van der Waals surface area contributed by atoms with Crippen LogP contribution >= 0.6 is 11.6 Å². The number of H-pyrrole nitrogens is 1. The number of halogens is 1. The summed E-state index contributed by atoms with van der Waals surface area (Å²) in [5.41, 5.74) is 2.84. The number of hydrogen-bond acceptors (Lipinski definition) is 3. The minimum absolute atomic E-state index is 0.150. The molecule has 0 spiro atoms. The molecule has 0 aliphatic rings. The molecule has 0 aliphatic carbocycles. The van der Waals surface area contributed by atoms with E-state index in [1.165, 1.54) is 0 Å². The van der Waals surface area contributed by atoms with Crippen LogP contribution in [0.15, 0.2) is 78.5 Å². The Kier molecular flexibility index (Phi) is 4.75. The van der Waals surface area contributed by atoms with E-state index >= 15 is 0 Å². The van der Waals surface area contributed by atoms with Gasteiger partial charge in [0.15, 0.2) is 0 Å². The van der Waals surface area contributed by atoms with Gasteiger partial charge in [-0.05, 0) is 36.6 Å². The van der Waals surface area contributed by atoms with Crippen molar-refractivity contribution in [1.29, 1.82) is 0 Å². The molecule has 0 amide bonds. The lowest BCUT2D eigenvalue weighted by molar-refractivity contribution is 0.650. The molecule has 2 aromatic heterocycles. The zero-order chi connectivity index (χ0) is 19.7. The van der Waals surface area contributed by atoms with Crippen LogP contribution in [-0.4, -0.2) is 14.5 Å². The van der Waals surface area contributed by atoms with Gasteiger partial charge in [0.2, 0.25) is 0 Å². The minimum Gasteiger partial charge on any atom is -0.376 e. The maximum atomic E-state index is 13.4. The number of aromatic amines is 1. The summed E-state index contributed by atoms with van der Waals surface area (Å²) in [7, 11) is 0. The van der Waals surface area contributed by atoms with Gasteiger partial charge in [0.25, 0.3) is 5.56 Å². The highest BCUT2D eigenvalue weighted by atomic mass is 35.5. The van der Waals surface area contributed by atoms with Crippen LogP contribution in [-0.2, 0) is 0 Å². The third kappa shape index (κ3) is 3.21. The molecule has 0 unspecified atom stereocenters. The van der Waals surface area contributed by atoms with E-state index in [0.717, 1.165) is 22.5 Å². The largest absolute Gasteiger partial charge is 0.376 e. The number of aromatic nitrogens is 3. The third-order valence-electron chi connectivity index (χ3n) is 4.68. The molecule has 0 aliphatic heterocycles. The van der Waals surface area contributed by atoms with Crippen LogP contribution in [0.5, 0.6) is 0 Å². The lowest BCUT2D eigenvalue weighted by Crippen LogP contribution is -2.28. The van der Waals surface area contributed by atoms with E-state index in [2.05, 4.69) is 21.9 Å². The van der Waals surface area contributed by atoms with Gasteiger partial charge >= 0.3 is 0 Å². The fourth-order valence-corrected chi connectivity index (χ4v) is 3.60. The smallest absolute Gasteiger partial charge is 0.264 e. The first-order chi connectivity index (χ1) is 13.6. The zero-order valence-electron chi connectivity index (χ0n) is 15.3. The average Bonchev–Trinajstić information content (AvgIpc) is 3.23. The molecule has 0 fully saturated rings. The molecule has 4 aromatic rings. The molecule has 28 heavy (non-hydrogen) atoms. The number of para-hydroxylation sites is 1. The van der Waals surface area contributed by atoms with Crippen LogP contribution in [0.4, 0.5) is 0 Å². The van der Waals surface area contributed by atoms with Crippen molar-refractivity contribution in [3.8, 4) is 5.69 Å². The van der Waals surface area contributed by atoms with Crippen molar-refractivity contribution in [3.05, 3.63) is 100 Å². The molecule has 2 aromatic carbocycles. The molecule has 0 saturated heterocycles. The maximum Gasteiger partial charge on any atom is 0.264 e. The van der Waals surface area contributed by atoms with Crippen molar-refractivity contribution < 1.29 is 0 Å². The van der Waals surface area contributed by atoms with Gasteiger partial charge in [0.1, 0.15) is 5.69 Å². The average molecular weight is 391 g/mol. The fourth-order valence-electron chi connectivity index (χ4n) is 3.34. The topological polar surface area (TPSA) is 62.7 Å². The summed E-state index contributed by atoms with van der Waals surface area (Å²) in [5, 5.41) is 5.10. The summed E-state index contributed by atoms with van der Waals surface area (Å²) in [6, 6.07) is 16.8. The Balaban J connectivity index is 1.89. The van der Waals surface area contributed by atoms with E-state index in [9.17, 15) is 4.79 Å². The quantitative estimate of drug-likeness (QED) is 0.519. The monoisotopic (exact) mass is 390 g/mol. The number of benzene rings is 2. The second-order valence-corrected chi connectivity index (χ2v) is 6.96. The Bertz CT molecular complexity index is 1200. The lowest BCUT2D eigenvalue weighted by Gasteiger charge is -2.22. The summed E-state index contributed by atoms with van der Waals surface area (Å²) in [4.78, 5) is 20.5. The van der Waals surface area contributed by atoms with Gasteiger partial charge in [-0.15, -0.1) is 0 Å². The van der Waals surface area contributed by atoms with Crippen LogP contribution in [0, 0.1) is 0 Å². The van der Waals surface area contributed by atoms with Gasteiger partial charge in [-0.2, -0.15) is 0 Å². The lowest BCUT2D eigenvalue weighted by atomic mass is 10.1. The molecule has 4 rings (SSSR count). The highest BCUT2D eigenvalue weighted by Crippen LogP contribution is 2.26. The minimum atomic E-state index is -0.194. The number of nitrogens with zero attached hydrogens (tertiary/aromatic N) is 2. The highest BCUT2D eigenvalue weighted by molar-refractivity contribution is 6.35. The van der Waals surface area contributed by atoms with Crippen molar-refractivity contribution in [3.63, 3.8) is 0 Å². The zero-order valence-corrected chi connectivity index (χ0v) is 16.1. The molecule has 5 nitrogen and oxygen atoms in total. The third-order valence-corrected chi connectivity index (χ3v) is 5.00. The van der Waals surface area contributed by atoms with Gasteiger partial charge in [-0.3, -0.25) is 9.36 Å². The van der Waals surface area contributed by atoms with Crippen molar-refractivity contribution >= 4 is 28.1 Å². The summed E-state index contributed by atoms with van der Waals surface area (Å²) in [6.07, 6.45) is 3.37. The highest BCUT2D eigenvalue weighted by Gasteiger charge is 2.18. The Morgan fingerprint density at radius 1 is 1.21 bits per heavy atom. The summed E-state index contributed by atoms with van der Waals surface area (Å²) in [5.74, 6) is 0. The Morgan fingerprint density at radius 2 is 2.00 bits per heavy atom. The van der Waals surface area contributed by atoms with Crippen LogP contribution in [0.2, 0.25) is 5.02 Å². The van der Waals surface area contributed by atoms with E-state index in [4.69, 9.17) is 11.6 Å². The van der Waals surface area contributed by atoms with Gasteiger partial charge in [0, 0.05) is 17.6 Å². The molecule has 1 atom stereocenters. The van der Waals surface area contributed by atoms with Crippen molar-refractivity contribution in [2.45, 2.75) is 13.0 Å². The fraction of sp³-hybridized carbons (Fsp3) is 0.0909. The normalized spacial score (nSPS) is 12.1. The number of fused-ring (bicyclic) bond motifs is 1. The molecule has 6 heteroatoms. The van der Waals surface area contributed by atoms with Crippen LogP contribution in [0.1, 0.15) is 24.4 Å². The number of nitrogens with one attached hydrogen (secondary N) is 2. The molecule has 2 N–H and O–H groups in total. The molecule has 2 heterocycles. The molecular weight excluding hydrogens is 372 g/mol. The van der Waals surface area contributed by atoms with Gasteiger partial charge in [-0.1, -0.05) is 48.5 Å². The van der Waals surface area contributed by atoms with E-state index in [-0.39, 0.29) is 11.6 Å². The Morgan fingerprint density at radius 3 is 2.71 bits per heavy atom. The molecule has 0 radical (unpaired) electrons. The predicted molar refractivity (Wildman–Crippen MR) is 114 cm³/mol. The second-order valence-electron chi connectivity index (χ2n) is 6.55. The van der Waals surface area contributed by atoms with Crippen LogP contribution in [0.25, 0.3) is 22.2 Å². The number of imidazole rings is 1. The predicted octanol–water partition coefficient (Wildman–Crippen LogP) is 4.69. The number of pyridine rings is 1. The number of rotatable bonds is 5. The van der Waals surface area contributed by atoms with Crippen molar-refractivity contribution in [1.82, 2.24) is 19.9 Å². The SMILES string of the molecule is C=C(N[C@@H](C)c1cc2cccc(Cl)c2c(=O)n1-c1ccccc1)c1c[nH]cn1. The molecular formula is C22H19ClN4O. The summed E-state index contributed by atoms with van der Waals surface area (Å²) >= 11 is 6.35. The van der Waals surface area contributed by atoms with E-state index in [1.54, 1.807) is 23.2 Å². The van der Waals surface area contributed by atoms with Crippen molar-refractivity contribution in [2.24, 2.45) is 0 Å². The second kappa shape index (κ2) is 7.37. The Hall–Kier alpha value is -3.31. The van der Waals surface area contributed by atoms with Crippen LogP contribution in [0.3, 0.4) is 0 Å². The number of hydrogen-bond donors (Lipinski definition) is 2. The van der Waals surface area contributed by atoms with Gasteiger partial charge in [0.05, 0.1) is 28.5 Å². The first-order valence-electron chi connectivity index (χ1n) is 8.90. The van der Waals surface area contributed by atoms with E-state index < -0.39 is 0 Å². The molecule has 0 bridgehead atoms.